The summed E-state index contributed by atoms with van der Waals surface area (Å²) in [6, 6.07) is 7.31. The second-order valence-electron chi connectivity index (χ2n) is 3.59. The van der Waals surface area contributed by atoms with Gasteiger partial charge in [-0.15, -0.1) is 0 Å². The summed E-state index contributed by atoms with van der Waals surface area (Å²) in [4.78, 5) is 24.0. The van der Waals surface area contributed by atoms with Crippen LogP contribution >= 0.6 is 0 Å². The van der Waals surface area contributed by atoms with Crippen LogP contribution in [0.2, 0.25) is 0 Å². The lowest BCUT2D eigenvalue weighted by Crippen LogP contribution is -2.49. The van der Waals surface area contributed by atoms with Gasteiger partial charge in [-0.3, -0.25) is 15.0 Å². The van der Waals surface area contributed by atoms with Crippen molar-refractivity contribution in [2.45, 2.75) is 27.2 Å². The molecule has 3 amide bonds. The zero-order valence-corrected chi connectivity index (χ0v) is 10.5. The lowest BCUT2D eigenvalue weighted by Gasteiger charge is -2.26. The van der Waals surface area contributed by atoms with Gasteiger partial charge in [-0.1, -0.05) is 31.5 Å². The smallest absolute Gasteiger partial charge is 0.294 e. The third kappa shape index (κ3) is 3.31. The quantitative estimate of drug-likeness (QED) is 0.815. The van der Waals surface area contributed by atoms with Gasteiger partial charge in [0.05, 0.1) is 0 Å². The minimum Gasteiger partial charge on any atom is -0.294 e. The van der Waals surface area contributed by atoms with E-state index in [1.54, 1.807) is 4.90 Å². The van der Waals surface area contributed by atoms with Crippen molar-refractivity contribution < 1.29 is 11.0 Å². The van der Waals surface area contributed by atoms with Gasteiger partial charge in [0.25, 0.3) is 0 Å². The van der Waals surface area contributed by atoms with Crippen LogP contribution in [0, 0.1) is 6.92 Å². The number of rotatable bonds is 1. The molecule has 1 aromatic carbocycles. The molecule has 17 heavy (non-hydrogen) atoms. The molecule has 1 fully saturated rings. The topological polar surface area (TPSA) is 49.4 Å². The van der Waals surface area contributed by atoms with E-state index in [-0.39, 0.29) is 13.4 Å². The van der Waals surface area contributed by atoms with Crippen molar-refractivity contribution >= 4 is 17.6 Å². The van der Waals surface area contributed by atoms with Gasteiger partial charge >= 0.3 is 6.03 Å². The molecule has 1 saturated heterocycles. The van der Waals surface area contributed by atoms with Gasteiger partial charge in [0.1, 0.15) is 0 Å². The fraction of sp³-hybridized carbons (Fsp3) is 0.385. The molecule has 94 valence electrons. The molecular formula is C13H20N2O2. The number of hydrogen-bond acceptors (Lipinski definition) is 2. The second-order valence-corrected chi connectivity index (χ2v) is 3.59. The molecule has 0 unspecified atom stereocenters. The second kappa shape index (κ2) is 6.03. The SMILES string of the molecule is CC.Cc1ccc(N2CCC(=O)NC2=O)cc1.[HH]. The number of hydrogen-bond donors (Lipinski definition) is 1. The van der Waals surface area contributed by atoms with Crippen LogP contribution in [-0.2, 0) is 4.79 Å². The fourth-order valence-corrected chi connectivity index (χ4v) is 1.54. The first-order valence-corrected chi connectivity index (χ1v) is 5.85. The van der Waals surface area contributed by atoms with E-state index in [0.29, 0.717) is 13.0 Å². The maximum atomic E-state index is 11.5. The number of nitrogens with zero attached hydrogens (tertiary/aromatic N) is 1. The largest absolute Gasteiger partial charge is 0.328 e. The Bertz CT molecular complexity index is 404. The molecular weight excluding hydrogens is 216 g/mol. The summed E-state index contributed by atoms with van der Waals surface area (Å²) in [7, 11) is 0. The molecule has 0 saturated carbocycles. The highest BCUT2D eigenvalue weighted by Crippen LogP contribution is 2.17. The highest BCUT2D eigenvalue weighted by molar-refractivity contribution is 6.05. The molecule has 0 radical (unpaired) electrons. The molecule has 0 aliphatic carbocycles. The maximum Gasteiger partial charge on any atom is 0.328 e. The lowest BCUT2D eigenvalue weighted by atomic mass is 10.2. The standard InChI is InChI=1S/C11H12N2O2.C2H6.H2/c1-8-2-4-9(5-3-8)13-7-6-10(14)12-11(13)15;1-2;/h2-5H,6-7H2,1H3,(H,12,14,15);1-2H3;1H. The Morgan fingerprint density at radius 1 is 1.18 bits per heavy atom. The Balaban J connectivity index is 0.000000917. The minimum atomic E-state index is -0.338. The first-order chi connectivity index (χ1) is 8.16. The Kier molecular flexibility index (Phi) is 4.69. The summed E-state index contributed by atoms with van der Waals surface area (Å²) >= 11 is 0. The van der Waals surface area contributed by atoms with Crippen LogP contribution in [0.5, 0.6) is 0 Å². The summed E-state index contributed by atoms with van der Waals surface area (Å²) in [6.07, 6.45) is 0.361. The van der Waals surface area contributed by atoms with E-state index in [1.807, 2.05) is 45.0 Å². The third-order valence-electron chi connectivity index (χ3n) is 2.40. The molecule has 1 aromatic rings. The molecule has 4 nitrogen and oxygen atoms in total. The number of nitrogens with one attached hydrogen (secondary N) is 1. The molecule has 1 N–H and O–H groups in total. The molecule has 4 heteroatoms. The van der Waals surface area contributed by atoms with Crippen LogP contribution in [0.1, 0.15) is 27.3 Å². The van der Waals surface area contributed by atoms with E-state index < -0.39 is 0 Å². The number of imide groups is 1. The molecule has 0 aromatic heterocycles. The van der Waals surface area contributed by atoms with E-state index in [1.165, 1.54) is 0 Å². The van der Waals surface area contributed by atoms with Crippen LogP contribution in [0.15, 0.2) is 24.3 Å². The monoisotopic (exact) mass is 236 g/mol. The first kappa shape index (κ1) is 13.2. The van der Waals surface area contributed by atoms with Crippen LogP contribution in [0.4, 0.5) is 10.5 Å². The van der Waals surface area contributed by atoms with Crippen molar-refractivity contribution in [2.24, 2.45) is 0 Å². The first-order valence-electron chi connectivity index (χ1n) is 5.85. The maximum absolute atomic E-state index is 11.5. The highest BCUT2D eigenvalue weighted by atomic mass is 16.2. The van der Waals surface area contributed by atoms with Gasteiger partial charge in [-0.25, -0.2) is 4.79 Å². The van der Waals surface area contributed by atoms with Gasteiger partial charge < -0.3 is 0 Å². The van der Waals surface area contributed by atoms with Crippen LogP contribution in [0.3, 0.4) is 0 Å². The summed E-state index contributed by atoms with van der Waals surface area (Å²) in [5.74, 6) is -0.205. The normalized spacial score (nSPS) is 14.9. The number of benzene rings is 1. The van der Waals surface area contributed by atoms with Crippen molar-refractivity contribution in [3.05, 3.63) is 29.8 Å². The zero-order chi connectivity index (χ0) is 12.8. The number of urea groups is 1. The number of carbonyl (C=O) groups excluding carboxylic acids is 2. The molecule has 0 bridgehead atoms. The zero-order valence-electron chi connectivity index (χ0n) is 10.5. The number of anilines is 1. The molecule has 0 atom stereocenters. The predicted molar refractivity (Wildman–Crippen MR) is 70.1 cm³/mol. The van der Waals surface area contributed by atoms with E-state index in [0.717, 1.165) is 11.3 Å². The third-order valence-corrected chi connectivity index (χ3v) is 2.40. The van der Waals surface area contributed by atoms with Gasteiger partial charge in [0.15, 0.2) is 0 Å². The molecule has 0 spiro atoms. The Labute approximate surface area is 103 Å². The van der Waals surface area contributed by atoms with Crippen LogP contribution in [-0.4, -0.2) is 18.5 Å². The van der Waals surface area contributed by atoms with E-state index in [2.05, 4.69) is 5.32 Å². The summed E-state index contributed by atoms with van der Waals surface area (Å²) in [6.45, 7) is 6.44. The van der Waals surface area contributed by atoms with Crippen molar-refractivity contribution in [1.29, 1.82) is 0 Å². The molecule has 1 aliphatic heterocycles. The Morgan fingerprint density at radius 2 is 1.76 bits per heavy atom. The predicted octanol–water partition coefficient (Wildman–Crippen LogP) is 2.71. The minimum absolute atomic E-state index is 0. The fourth-order valence-electron chi connectivity index (χ4n) is 1.54. The highest BCUT2D eigenvalue weighted by Gasteiger charge is 2.23. The Morgan fingerprint density at radius 3 is 2.29 bits per heavy atom. The number of carbonyl (C=O) groups is 2. The average molecular weight is 236 g/mol. The van der Waals surface area contributed by atoms with Crippen molar-refractivity contribution in [3.63, 3.8) is 0 Å². The molecule has 1 heterocycles. The van der Waals surface area contributed by atoms with Gasteiger partial charge in [0.2, 0.25) is 5.91 Å². The van der Waals surface area contributed by atoms with Crippen LogP contribution in [0.25, 0.3) is 0 Å². The van der Waals surface area contributed by atoms with Gasteiger partial charge in [-0.2, -0.15) is 0 Å². The van der Waals surface area contributed by atoms with E-state index in [9.17, 15) is 9.59 Å². The molecule has 2 rings (SSSR count). The molecule has 1 aliphatic rings. The van der Waals surface area contributed by atoms with Crippen molar-refractivity contribution in [3.8, 4) is 0 Å². The summed E-state index contributed by atoms with van der Waals surface area (Å²) in [5.41, 5.74) is 1.97. The van der Waals surface area contributed by atoms with Gasteiger partial charge in [-0.05, 0) is 19.1 Å². The van der Waals surface area contributed by atoms with Crippen molar-refractivity contribution in [2.75, 3.05) is 11.4 Å². The number of aryl methyl sites for hydroxylation is 1. The Hall–Kier alpha value is -1.84. The van der Waals surface area contributed by atoms with Crippen LogP contribution < -0.4 is 10.2 Å². The summed E-state index contributed by atoms with van der Waals surface area (Å²) in [5, 5.41) is 2.29. The van der Waals surface area contributed by atoms with E-state index in [4.69, 9.17) is 0 Å². The summed E-state index contributed by atoms with van der Waals surface area (Å²) < 4.78 is 0. The lowest BCUT2D eigenvalue weighted by molar-refractivity contribution is -0.120. The van der Waals surface area contributed by atoms with E-state index >= 15 is 0 Å². The average Bonchev–Trinajstić information content (AvgIpc) is 2.33. The van der Waals surface area contributed by atoms with Gasteiger partial charge in [0, 0.05) is 20.1 Å². The van der Waals surface area contributed by atoms with Crippen molar-refractivity contribution in [1.82, 2.24) is 5.32 Å². The number of amides is 3.